The van der Waals surface area contributed by atoms with Crippen LogP contribution in [0, 0.1) is 5.92 Å². The van der Waals surface area contributed by atoms with E-state index in [2.05, 4.69) is 0 Å². The lowest BCUT2D eigenvalue weighted by atomic mass is 9.98. The first kappa shape index (κ1) is 14.2. The van der Waals surface area contributed by atoms with Crippen molar-refractivity contribution in [1.82, 2.24) is 4.90 Å². The molecule has 0 unspecified atom stereocenters. The number of benzene rings is 1. The Bertz CT molecular complexity index is 526. The average molecular weight is 275 g/mol. The van der Waals surface area contributed by atoms with Crippen LogP contribution in [0.15, 0.2) is 30.3 Å². The number of Topliss-reactive ketones (excluding diaryl/α,β-unsaturated/α-hetero) is 1. The topological polar surface area (TPSA) is 63.7 Å². The average Bonchev–Trinajstić information content (AvgIpc) is 2.82. The molecule has 1 aliphatic heterocycles. The van der Waals surface area contributed by atoms with Crippen LogP contribution in [0.1, 0.15) is 31.9 Å². The molecule has 1 heterocycles. The molecule has 5 heteroatoms. The summed E-state index contributed by atoms with van der Waals surface area (Å²) in [5, 5.41) is 0. The third kappa shape index (κ3) is 2.57. The molecule has 0 aliphatic carbocycles. The molecule has 0 radical (unpaired) electrons. The zero-order chi connectivity index (χ0) is 14.7. The van der Waals surface area contributed by atoms with E-state index in [0.29, 0.717) is 6.42 Å². The van der Waals surface area contributed by atoms with Crippen molar-refractivity contribution in [2.75, 3.05) is 6.61 Å². The van der Waals surface area contributed by atoms with E-state index >= 15 is 0 Å². The van der Waals surface area contributed by atoms with Crippen LogP contribution in [0.5, 0.6) is 0 Å². The molecule has 106 valence electrons. The molecule has 20 heavy (non-hydrogen) atoms. The van der Waals surface area contributed by atoms with Crippen molar-refractivity contribution in [3.63, 3.8) is 0 Å². The van der Waals surface area contributed by atoms with Gasteiger partial charge in [-0.2, -0.15) is 0 Å². The van der Waals surface area contributed by atoms with E-state index in [1.807, 2.05) is 30.3 Å². The predicted octanol–water partition coefficient (Wildman–Crippen LogP) is 2.32. The molecule has 2 atom stereocenters. The monoisotopic (exact) mass is 275 g/mol. The first-order valence-corrected chi connectivity index (χ1v) is 6.61. The molecular weight excluding hydrogens is 258 g/mol. The number of ketones is 1. The SMILES string of the molecule is CC[C@@H](C(C)=O)C(=O)N1C(=O)OC[C@H]1c1ccccc1. The molecule has 1 saturated heterocycles. The van der Waals surface area contributed by atoms with Crippen molar-refractivity contribution < 1.29 is 19.1 Å². The third-order valence-electron chi connectivity index (χ3n) is 3.49. The number of carbonyl (C=O) groups is 3. The maximum absolute atomic E-state index is 12.4. The van der Waals surface area contributed by atoms with Gasteiger partial charge in [0.25, 0.3) is 0 Å². The van der Waals surface area contributed by atoms with Gasteiger partial charge in [0.1, 0.15) is 18.4 Å². The minimum atomic E-state index is -0.785. The Morgan fingerprint density at radius 1 is 1.35 bits per heavy atom. The highest BCUT2D eigenvalue weighted by atomic mass is 16.6. The lowest BCUT2D eigenvalue weighted by Crippen LogP contribution is -2.40. The number of cyclic esters (lactones) is 1. The molecule has 0 aromatic heterocycles. The van der Waals surface area contributed by atoms with Gasteiger partial charge < -0.3 is 4.74 Å². The van der Waals surface area contributed by atoms with Crippen molar-refractivity contribution in [2.45, 2.75) is 26.3 Å². The van der Waals surface area contributed by atoms with Gasteiger partial charge in [0, 0.05) is 0 Å². The Hall–Kier alpha value is -2.17. The molecule has 1 aromatic carbocycles. The molecule has 0 saturated carbocycles. The van der Waals surface area contributed by atoms with Crippen molar-refractivity contribution in [1.29, 1.82) is 0 Å². The second kappa shape index (κ2) is 5.86. The Kier molecular flexibility index (Phi) is 4.17. The fourth-order valence-electron chi connectivity index (χ4n) is 2.39. The molecule has 1 aliphatic rings. The fourth-order valence-corrected chi connectivity index (χ4v) is 2.39. The highest BCUT2D eigenvalue weighted by Crippen LogP contribution is 2.29. The fraction of sp³-hybridized carbons (Fsp3) is 0.400. The molecule has 1 aromatic rings. The molecule has 2 amide bonds. The quantitative estimate of drug-likeness (QED) is 0.791. The highest BCUT2D eigenvalue weighted by Gasteiger charge is 2.42. The summed E-state index contributed by atoms with van der Waals surface area (Å²) in [6.45, 7) is 3.25. The summed E-state index contributed by atoms with van der Waals surface area (Å²) in [6.07, 6.45) is -0.303. The van der Waals surface area contributed by atoms with Crippen LogP contribution in [0.3, 0.4) is 0 Å². The lowest BCUT2D eigenvalue weighted by molar-refractivity contribution is -0.139. The summed E-state index contributed by atoms with van der Waals surface area (Å²) in [5.74, 6) is -1.49. The van der Waals surface area contributed by atoms with Crippen LogP contribution in [-0.4, -0.2) is 29.3 Å². The first-order chi connectivity index (χ1) is 9.56. The van der Waals surface area contributed by atoms with E-state index in [-0.39, 0.29) is 12.4 Å². The van der Waals surface area contributed by atoms with Gasteiger partial charge in [-0.15, -0.1) is 0 Å². The van der Waals surface area contributed by atoms with E-state index in [0.717, 1.165) is 10.5 Å². The number of nitrogens with zero attached hydrogens (tertiary/aromatic N) is 1. The van der Waals surface area contributed by atoms with Gasteiger partial charge in [-0.05, 0) is 18.9 Å². The standard InChI is InChI=1S/C15H17NO4/c1-3-12(10(2)17)14(18)16-13(9-20-15(16)19)11-7-5-4-6-8-11/h4-8,12-13H,3,9H2,1-2H3/t12-,13-/m0/s1. The van der Waals surface area contributed by atoms with Gasteiger partial charge in [-0.3, -0.25) is 9.59 Å². The minimum Gasteiger partial charge on any atom is -0.446 e. The van der Waals surface area contributed by atoms with E-state index in [4.69, 9.17) is 4.74 Å². The van der Waals surface area contributed by atoms with Crippen LogP contribution >= 0.6 is 0 Å². The third-order valence-corrected chi connectivity index (χ3v) is 3.49. The minimum absolute atomic E-state index is 0.128. The van der Waals surface area contributed by atoms with Crippen molar-refractivity contribution in [3.05, 3.63) is 35.9 Å². The summed E-state index contributed by atoms with van der Waals surface area (Å²) in [7, 11) is 0. The number of amides is 2. The van der Waals surface area contributed by atoms with Crippen molar-refractivity contribution >= 4 is 17.8 Å². The van der Waals surface area contributed by atoms with Crippen LogP contribution in [-0.2, 0) is 14.3 Å². The van der Waals surface area contributed by atoms with Crippen LogP contribution in [0.2, 0.25) is 0 Å². The van der Waals surface area contributed by atoms with Gasteiger partial charge in [0.15, 0.2) is 0 Å². The smallest absolute Gasteiger partial charge is 0.417 e. The summed E-state index contributed by atoms with van der Waals surface area (Å²) < 4.78 is 4.98. The number of rotatable bonds is 4. The number of imide groups is 1. The van der Waals surface area contributed by atoms with Gasteiger partial charge in [-0.1, -0.05) is 37.3 Å². The van der Waals surface area contributed by atoms with Gasteiger partial charge >= 0.3 is 6.09 Å². The van der Waals surface area contributed by atoms with Crippen LogP contribution in [0.25, 0.3) is 0 Å². The molecule has 5 nitrogen and oxygen atoms in total. The second-order valence-electron chi connectivity index (χ2n) is 4.78. The maximum Gasteiger partial charge on any atom is 0.417 e. The summed E-state index contributed by atoms with van der Waals surface area (Å²) in [6, 6.07) is 8.75. The summed E-state index contributed by atoms with van der Waals surface area (Å²) in [4.78, 5) is 36.8. The first-order valence-electron chi connectivity index (χ1n) is 6.61. The van der Waals surface area contributed by atoms with Gasteiger partial charge in [0.05, 0.1) is 5.92 Å². The number of carbonyl (C=O) groups excluding carboxylic acids is 3. The maximum atomic E-state index is 12.4. The van der Waals surface area contributed by atoms with Crippen molar-refractivity contribution in [3.8, 4) is 0 Å². The molecule has 1 fully saturated rings. The Morgan fingerprint density at radius 2 is 2.00 bits per heavy atom. The van der Waals surface area contributed by atoms with Crippen molar-refractivity contribution in [2.24, 2.45) is 5.92 Å². The van der Waals surface area contributed by atoms with E-state index in [1.165, 1.54) is 6.92 Å². The normalized spacial score (nSPS) is 19.6. The Morgan fingerprint density at radius 3 is 2.55 bits per heavy atom. The van der Waals surface area contributed by atoms with Crippen LogP contribution in [0.4, 0.5) is 4.79 Å². The zero-order valence-electron chi connectivity index (χ0n) is 11.5. The predicted molar refractivity (Wildman–Crippen MR) is 71.8 cm³/mol. The Balaban J connectivity index is 2.29. The molecule has 0 bridgehead atoms. The van der Waals surface area contributed by atoms with Gasteiger partial charge in [0.2, 0.25) is 5.91 Å². The zero-order valence-corrected chi connectivity index (χ0v) is 11.5. The summed E-state index contributed by atoms with van der Waals surface area (Å²) in [5.41, 5.74) is 0.824. The number of hydrogen-bond donors (Lipinski definition) is 0. The largest absolute Gasteiger partial charge is 0.446 e. The van der Waals surface area contributed by atoms with E-state index in [1.54, 1.807) is 6.92 Å². The molecule has 0 N–H and O–H groups in total. The molecule has 0 spiro atoms. The number of hydrogen-bond acceptors (Lipinski definition) is 4. The van der Waals surface area contributed by atoms with E-state index in [9.17, 15) is 14.4 Å². The molecule has 2 rings (SSSR count). The van der Waals surface area contributed by atoms with Crippen LogP contribution < -0.4 is 0 Å². The Labute approximate surface area is 117 Å². The highest BCUT2D eigenvalue weighted by molar-refractivity contribution is 6.06. The summed E-state index contributed by atoms with van der Waals surface area (Å²) >= 11 is 0. The second-order valence-corrected chi connectivity index (χ2v) is 4.78. The number of ether oxygens (including phenoxy) is 1. The van der Waals surface area contributed by atoms with Gasteiger partial charge in [-0.25, -0.2) is 9.69 Å². The van der Waals surface area contributed by atoms with E-state index < -0.39 is 24.0 Å². The lowest BCUT2D eigenvalue weighted by Gasteiger charge is -2.23. The molecular formula is C15H17NO4.